The molecule has 5 heteroatoms. The van der Waals surface area contributed by atoms with Crippen LogP contribution < -0.4 is 11.3 Å². The molecule has 1 N–H and O–H groups in total. The molecule has 66 valence electrons. The molecule has 2 rings (SSSR count). The molecule has 0 aliphatic rings. The van der Waals surface area contributed by atoms with Crippen molar-refractivity contribution in [2.24, 2.45) is 0 Å². The molecule has 0 bridgehead atoms. The van der Waals surface area contributed by atoms with E-state index >= 15 is 0 Å². The van der Waals surface area contributed by atoms with Crippen molar-refractivity contribution in [3.8, 4) is 0 Å². The first-order chi connectivity index (χ1) is 6.16. The van der Waals surface area contributed by atoms with Gasteiger partial charge in [0.25, 0.3) is 5.56 Å². The van der Waals surface area contributed by atoms with Gasteiger partial charge in [-0.05, 0) is 18.2 Å². The Balaban J connectivity index is 3.04. The highest BCUT2D eigenvalue weighted by Gasteiger charge is 2.02. The van der Waals surface area contributed by atoms with Crippen LogP contribution in [0.15, 0.2) is 32.2 Å². The molecule has 13 heavy (non-hydrogen) atoms. The lowest BCUT2D eigenvalue weighted by Gasteiger charge is -1.93. The number of aromatic nitrogens is 1. The van der Waals surface area contributed by atoms with Gasteiger partial charge in [-0.15, -0.1) is 0 Å². The smallest absolute Gasteiger partial charge is 0.409 e. The van der Waals surface area contributed by atoms with Gasteiger partial charge in [-0.3, -0.25) is 9.78 Å². The van der Waals surface area contributed by atoms with E-state index in [4.69, 9.17) is 0 Å². The van der Waals surface area contributed by atoms with E-state index < -0.39 is 17.1 Å². The van der Waals surface area contributed by atoms with Crippen molar-refractivity contribution in [2.45, 2.75) is 0 Å². The van der Waals surface area contributed by atoms with Gasteiger partial charge in [0, 0.05) is 0 Å². The van der Waals surface area contributed by atoms with Gasteiger partial charge in [0.1, 0.15) is 11.4 Å². The highest BCUT2D eigenvalue weighted by atomic mass is 19.1. The molecular formula is C8H4FNO3. The first-order valence-corrected chi connectivity index (χ1v) is 3.49. The molecular weight excluding hydrogens is 177 g/mol. The van der Waals surface area contributed by atoms with Crippen LogP contribution >= 0.6 is 0 Å². The molecule has 0 unspecified atom stereocenters. The predicted octanol–water partition coefficient (Wildman–Crippen LogP) is 0.620. The summed E-state index contributed by atoms with van der Waals surface area (Å²) in [6, 6.07) is 3.36. The van der Waals surface area contributed by atoms with E-state index in [2.05, 4.69) is 4.42 Å². The van der Waals surface area contributed by atoms with Gasteiger partial charge >= 0.3 is 5.76 Å². The number of H-pyrrole nitrogens is 1. The minimum Gasteiger partial charge on any atom is -0.409 e. The summed E-state index contributed by atoms with van der Waals surface area (Å²) in [5, 5.41) is 0.0274. The molecule has 4 nitrogen and oxygen atoms in total. The van der Waals surface area contributed by atoms with Crippen molar-refractivity contribution < 1.29 is 8.81 Å². The number of hydrogen-bond donors (Lipinski definition) is 1. The van der Waals surface area contributed by atoms with E-state index in [1.54, 1.807) is 0 Å². The molecule has 0 radical (unpaired) electrons. The third kappa shape index (κ3) is 1.24. The van der Waals surface area contributed by atoms with Crippen LogP contribution in [0.3, 0.4) is 0 Å². The van der Waals surface area contributed by atoms with E-state index in [-0.39, 0.29) is 11.0 Å². The third-order valence-corrected chi connectivity index (χ3v) is 1.60. The van der Waals surface area contributed by atoms with Crippen LogP contribution in [-0.2, 0) is 0 Å². The van der Waals surface area contributed by atoms with Crippen LogP contribution in [0.4, 0.5) is 4.39 Å². The fraction of sp³-hybridized carbons (Fsp3) is 0. The maximum atomic E-state index is 12.6. The van der Waals surface area contributed by atoms with Crippen LogP contribution in [-0.4, -0.2) is 4.98 Å². The molecule has 0 amide bonds. The highest BCUT2D eigenvalue weighted by Crippen LogP contribution is 2.08. The summed E-state index contributed by atoms with van der Waals surface area (Å²) in [7, 11) is 0. The molecule has 1 heterocycles. The van der Waals surface area contributed by atoms with Crippen molar-refractivity contribution in [1.82, 2.24) is 4.98 Å². The molecule has 0 atom stereocenters. The second-order valence-corrected chi connectivity index (χ2v) is 2.48. The van der Waals surface area contributed by atoms with Gasteiger partial charge in [-0.1, -0.05) is 0 Å². The fourth-order valence-electron chi connectivity index (χ4n) is 1.05. The van der Waals surface area contributed by atoms with Crippen molar-refractivity contribution in [3.05, 3.63) is 44.9 Å². The van der Waals surface area contributed by atoms with Gasteiger partial charge in [-0.2, -0.15) is 0 Å². The first-order valence-electron chi connectivity index (χ1n) is 3.49. The Kier molecular flexibility index (Phi) is 1.51. The lowest BCUT2D eigenvalue weighted by atomic mass is 10.2. The Hall–Kier alpha value is -1.91. The summed E-state index contributed by atoms with van der Waals surface area (Å²) in [5.74, 6) is -1.39. The number of fused-ring (bicyclic) bond motifs is 1. The SMILES string of the molecule is O=c1[nH]c(=O)c2cc(F)ccc2o1. The Bertz CT molecular complexity index is 569. The molecule has 1 aromatic heterocycles. The third-order valence-electron chi connectivity index (χ3n) is 1.60. The van der Waals surface area contributed by atoms with E-state index in [0.717, 1.165) is 12.1 Å². The maximum absolute atomic E-state index is 12.6. The standard InChI is InChI=1S/C8H4FNO3/c9-4-1-2-6-5(3-4)7(11)10-8(12)13-6/h1-3H,(H,10,11,12). The molecule has 0 aliphatic carbocycles. The average Bonchev–Trinajstić information content (AvgIpc) is 2.06. The van der Waals surface area contributed by atoms with E-state index in [1.807, 2.05) is 4.98 Å². The summed E-state index contributed by atoms with van der Waals surface area (Å²) in [5.41, 5.74) is -0.569. The monoisotopic (exact) mass is 181 g/mol. The maximum Gasteiger partial charge on any atom is 0.419 e. The number of nitrogens with one attached hydrogen (secondary N) is 1. The van der Waals surface area contributed by atoms with Crippen LogP contribution in [0.2, 0.25) is 0 Å². The zero-order valence-electron chi connectivity index (χ0n) is 6.33. The molecule has 0 saturated carbocycles. The van der Waals surface area contributed by atoms with Crippen LogP contribution in [0, 0.1) is 5.82 Å². The predicted molar refractivity (Wildman–Crippen MR) is 43.1 cm³/mol. The molecule has 0 fully saturated rings. The molecule has 2 aromatic rings. The van der Waals surface area contributed by atoms with E-state index in [9.17, 15) is 14.0 Å². The average molecular weight is 181 g/mol. The minimum atomic E-state index is -0.843. The molecule has 0 spiro atoms. The van der Waals surface area contributed by atoms with Gasteiger partial charge < -0.3 is 4.42 Å². The fourth-order valence-corrected chi connectivity index (χ4v) is 1.05. The van der Waals surface area contributed by atoms with Gasteiger partial charge in [0.2, 0.25) is 0 Å². The summed E-state index contributed by atoms with van der Waals surface area (Å²) >= 11 is 0. The van der Waals surface area contributed by atoms with Gasteiger partial charge in [0.15, 0.2) is 0 Å². The normalized spacial score (nSPS) is 10.5. The number of halogens is 1. The Morgan fingerprint density at radius 2 is 2.08 bits per heavy atom. The van der Waals surface area contributed by atoms with Crippen LogP contribution in [0.5, 0.6) is 0 Å². The largest absolute Gasteiger partial charge is 0.419 e. The molecule has 0 saturated heterocycles. The minimum absolute atomic E-state index is 0.0274. The topological polar surface area (TPSA) is 63.1 Å². The molecule has 1 aromatic carbocycles. The number of hydrogen-bond acceptors (Lipinski definition) is 3. The highest BCUT2D eigenvalue weighted by molar-refractivity contribution is 5.74. The summed E-state index contributed by atoms with van der Waals surface area (Å²) in [4.78, 5) is 23.6. The lowest BCUT2D eigenvalue weighted by molar-refractivity contribution is 0.526. The number of benzene rings is 1. The lowest BCUT2D eigenvalue weighted by Crippen LogP contribution is -2.17. The number of rotatable bonds is 0. The van der Waals surface area contributed by atoms with Crippen LogP contribution in [0.1, 0.15) is 0 Å². The van der Waals surface area contributed by atoms with Gasteiger partial charge in [-0.25, -0.2) is 9.18 Å². The summed E-state index contributed by atoms with van der Waals surface area (Å²) < 4.78 is 17.3. The Morgan fingerprint density at radius 3 is 2.85 bits per heavy atom. The van der Waals surface area contributed by atoms with Gasteiger partial charge in [0.05, 0.1) is 5.39 Å². The second-order valence-electron chi connectivity index (χ2n) is 2.48. The summed E-state index contributed by atoms with van der Waals surface area (Å²) in [6.07, 6.45) is 0. The quantitative estimate of drug-likeness (QED) is 0.647. The van der Waals surface area contributed by atoms with E-state index in [0.29, 0.717) is 0 Å². The zero-order chi connectivity index (χ0) is 9.42. The van der Waals surface area contributed by atoms with Crippen molar-refractivity contribution in [2.75, 3.05) is 0 Å². The Labute approximate surface area is 70.6 Å². The van der Waals surface area contributed by atoms with Crippen LogP contribution in [0.25, 0.3) is 11.0 Å². The van der Waals surface area contributed by atoms with Crippen molar-refractivity contribution in [1.29, 1.82) is 0 Å². The zero-order valence-corrected chi connectivity index (χ0v) is 6.33. The van der Waals surface area contributed by atoms with Crippen molar-refractivity contribution >= 4 is 11.0 Å². The summed E-state index contributed by atoms with van der Waals surface area (Å²) in [6.45, 7) is 0. The first kappa shape index (κ1) is 7.72. The van der Waals surface area contributed by atoms with E-state index in [1.165, 1.54) is 6.07 Å². The Morgan fingerprint density at radius 1 is 1.31 bits per heavy atom. The van der Waals surface area contributed by atoms with Crippen molar-refractivity contribution in [3.63, 3.8) is 0 Å². The second kappa shape index (κ2) is 2.55. The number of aromatic amines is 1. The molecule has 0 aliphatic heterocycles.